The van der Waals surface area contributed by atoms with Crippen molar-refractivity contribution in [3.05, 3.63) is 58.9 Å². The van der Waals surface area contributed by atoms with E-state index < -0.39 is 0 Å². The highest BCUT2D eigenvalue weighted by molar-refractivity contribution is 6.32. The van der Waals surface area contributed by atoms with E-state index in [1.165, 1.54) is 0 Å². The monoisotopic (exact) mass is 301 g/mol. The molecule has 5 heteroatoms. The second-order valence-corrected chi connectivity index (χ2v) is 4.91. The third kappa shape index (κ3) is 1.94. The summed E-state index contributed by atoms with van der Waals surface area (Å²) < 4.78 is 1.89. The van der Waals surface area contributed by atoms with E-state index in [9.17, 15) is 5.26 Å². The lowest BCUT2D eigenvalue weighted by Gasteiger charge is -2.09. The molecule has 2 aromatic carbocycles. The van der Waals surface area contributed by atoms with Crippen molar-refractivity contribution >= 4 is 34.2 Å². The number of nitriles is 1. The summed E-state index contributed by atoms with van der Waals surface area (Å²) in [7, 11) is 0. The van der Waals surface area contributed by atoms with E-state index in [0.29, 0.717) is 21.9 Å². The molecular weight excluding hydrogens is 293 g/mol. The first kappa shape index (κ1) is 13.0. The van der Waals surface area contributed by atoms with E-state index in [1.807, 2.05) is 41.0 Å². The first-order chi connectivity index (χ1) is 9.76. The fraction of sp³-hybridized carbons (Fsp3) is 0.0667. The van der Waals surface area contributed by atoms with Crippen LogP contribution in [0.1, 0.15) is 11.4 Å². The zero-order chi connectivity index (χ0) is 14.1. The zero-order valence-electron chi connectivity index (χ0n) is 10.3. The van der Waals surface area contributed by atoms with Crippen molar-refractivity contribution in [2.45, 2.75) is 5.88 Å². The summed E-state index contributed by atoms with van der Waals surface area (Å²) in [5.41, 5.74) is 2.81. The second-order valence-electron chi connectivity index (χ2n) is 4.23. The topological polar surface area (TPSA) is 41.6 Å². The van der Waals surface area contributed by atoms with Crippen LogP contribution in [0.4, 0.5) is 0 Å². The summed E-state index contributed by atoms with van der Waals surface area (Å²) in [6, 6.07) is 15.1. The highest BCUT2D eigenvalue weighted by Crippen LogP contribution is 2.28. The smallest absolute Gasteiger partial charge is 0.129 e. The molecule has 0 fully saturated rings. The third-order valence-electron chi connectivity index (χ3n) is 3.09. The molecule has 0 aliphatic rings. The maximum atomic E-state index is 9.18. The Kier molecular flexibility index (Phi) is 3.35. The van der Waals surface area contributed by atoms with Crippen LogP contribution >= 0.6 is 23.2 Å². The van der Waals surface area contributed by atoms with Crippen LogP contribution in [0.25, 0.3) is 16.7 Å². The van der Waals surface area contributed by atoms with Gasteiger partial charge in [0.25, 0.3) is 0 Å². The van der Waals surface area contributed by atoms with Gasteiger partial charge in [-0.05, 0) is 24.3 Å². The normalized spacial score (nSPS) is 10.7. The van der Waals surface area contributed by atoms with E-state index in [4.69, 9.17) is 23.2 Å². The molecule has 98 valence electrons. The Morgan fingerprint density at radius 3 is 2.65 bits per heavy atom. The van der Waals surface area contributed by atoms with Gasteiger partial charge in [-0.3, -0.25) is 4.57 Å². The summed E-state index contributed by atoms with van der Waals surface area (Å²) in [4.78, 5) is 4.47. The lowest BCUT2D eigenvalue weighted by atomic mass is 10.2. The summed E-state index contributed by atoms with van der Waals surface area (Å²) >= 11 is 12.3. The minimum Gasteiger partial charge on any atom is -0.294 e. The van der Waals surface area contributed by atoms with E-state index in [1.54, 1.807) is 6.07 Å². The molecule has 3 aromatic rings. The van der Waals surface area contributed by atoms with Crippen molar-refractivity contribution in [2.24, 2.45) is 0 Å². The number of hydrogen-bond donors (Lipinski definition) is 0. The molecule has 1 heterocycles. The molecule has 0 bridgehead atoms. The minimum atomic E-state index is 0.241. The van der Waals surface area contributed by atoms with Crippen molar-refractivity contribution in [3.8, 4) is 11.8 Å². The summed E-state index contributed by atoms with van der Waals surface area (Å²) in [6.07, 6.45) is 0. The van der Waals surface area contributed by atoms with Crippen LogP contribution < -0.4 is 0 Å². The third-order valence-corrected chi connectivity index (χ3v) is 3.65. The zero-order valence-corrected chi connectivity index (χ0v) is 11.9. The molecule has 0 saturated heterocycles. The predicted octanol–water partition coefficient (Wildman–Crippen LogP) is 4.29. The molecule has 0 unspecified atom stereocenters. The number of hydrogen-bond acceptors (Lipinski definition) is 2. The number of rotatable bonds is 2. The van der Waals surface area contributed by atoms with Gasteiger partial charge in [0.15, 0.2) is 0 Å². The van der Waals surface area contributed by atoms with Gasteiger partial charge in [-0.25, -0.2) is 4.98 Å². The van der Waals surface area contributed by atoms with Crippen molar-refractivity contribution < 1.29 is 0 Å². The Morgan fingerprint density at radius 1 is 1.15 bits per heavy atom. The number of alkyl halides is 1. The molecule has 0 radical (unpaired) electrons. The van der Waals surface area contributed by atoms with Crippen LogP contribution in [0.3, 0.4) is 0 Å². The van der Waals surface area contributed by atoms with Crippen LogP contribution in [-0.2, 0) is 5.88 Å². The average molecular weight is 302 g/mol. The lowest BCUT2D eigenvalue weighted by Crippen LogP contribution is -1.99. The molecule has 0 saturated carbocycles. The van der Waals surface area contributed by atoms with Gasteiger partial charge in [0.2, 0.25) is 0 Å². The summed E-state index contributed by atoms with van der Waals surface area (Å²) in [5.74, 6) is 0.905. The predicted molar refractivity (Wildman–Crippen MR) is 80.4 cm³/mol. The maximum absolute atomic E-state index is 9.18. The standard InChI is InChI=1S/C15H9Cl2N3/c16-8-14-19-15-10(9-18)4-3-7-13(15)20(14)12-6-2-1-5-11(12)17/h1-7H,8H2. The Balaban J connectivity index is 2.41. The van der Waals surface area contributed by atoms with Gasteiger partial charge in [-0.2, -0.15) is 5.26 Å². The Labute approximate surface area is 126 Å². The largest absolute Gasteiger partial charge is 0.294 e. The van der Waals surface area contributed by atoms with Crippen LogP contribution in [0.5, 0.6) is 0 Å². The Bertz CT molecular complexity index is 831. The molecular formula is C15H9Cl2N3. The molecule has 0 spiro atoms. The number of benzene rings is 2. The molecule has 20 heavy (non-hydrogen) atoms. The highest BCUT2D eigenvalue weighted by Gasteiger charge is 2.15. The van der Waals surface area contributed by atoms with Crippen molar-refractivity contribution in [2.75, 3.05) is 0 Å². The van der Waals surface area contributed by atoms with Gasteiger partial charge >= 0.3 is 0 Å². The highest BCUT2D eigenvalue weighted by atomic mass is 35.5. The number of halogens is 2. The molecule has 1 aromatic heterocycles. The Morgan fingerprint density at radius 2 is 1.95 bits per heavy atom. The van der Waals surface area contributed by atoms with Crippen LogP contribution in [0, 0.1) is 11.3 Å². The van der Waals surface area contributed by atoms with Gasteiger partial charge in [-0.15, -0.1) is 11.6 Å². The first-order valence-electron chi connectivity index (χ1n) is 5.97. The molecule has 0 aliphatic carbocycles. The molecule has 0 amide bonds. The fourth-order valence-corrected chi connectivity index (χ4v) is 2.63. The quantitative estimate of drug-likeness (QED) is 0.663. The van der Waals surface area contributed by atoms with Crippen molar-refractivity contribution in [1.82, 2.24) is 9.55 Å². The molecule has 0 aliphatic heterocycles. The molecule has 3 nitrogen and oxygen atoms in total. The number of fused-ring (bicyclic) bond motifs is 1. The summed E-state index contributed by atoms with van der Waals surface area (Å²) in [5, 5.41) is 9.79. The molecule has 3 rings (SSSR count). The van der Waals surface area contributed by atoms with Crippen LogP contribution in [-0.4, -0.2) is 9.55 Å². The van der Waals surface area contributed by atoms with Crippen LogP contribution in [0.15, 0.2) is 42.5 Å². The van der Waals surface area contributed by atoms with Gasteiger partial charge in [-0.1, -0.05) is 29.8 Å². The number of para-hydroxylation sites is 2. The van der Waals surface area contributed by atoms with Gasteiger partial charge in [0, 0.05) is 0 Å². The minimum absolute atomic E-state index is 0.241. The van der Waals surface area contributed by atoms with E-state index in [2.05, 4.69) is 11.1 Å². The molecule has 0 atom stereocenters. The number of imidazole rings is 1. The van der Waals surface area contributed by atoms with Gasteiger partial charge in [0.05, 0.1) is 27.7 Å². The lowest BCUT2D eigenvalue weighted by molar-refractivity contribution is 0.982. The SMILES string of the molecule is N#Cc1cccc2c1nc(CCl)n2-c1ccccc1Cl. The Hall–Kier alpha value is -2.02. The molecule has 0 N–H and O–H groups in total. The second kappa shape index (κ2) is 5.16. The average Bonchev–Trinajstić information content (AvgIpc) is 2.86. The fourth-order valence-electron chi connectivity index (χ4n) is 2.23. The van der Waals surface area contributed by atoms with Gasteiger partial charge in [0.1, 0.15) is 17.4 Å². The van der Waals surface area contributed by atoms with Crippen LogP contribution in [0.2, 0.25) is 5.02 Å². The van der Waals surface area contributed by atoms with E-state index in [0.717, 1.165) is 11.2 Å². The first-order valence-corrected chi connectivity index (χ1v) is 6.89. The van der Waals surface area contributed by atoms with Crippen molar-refractivity contribution in [1.29, 1.82) is 5.26 Å². The number of nitrogens with zero attached hydrogens (tertiary/aromatic N) is 3. The van der Waals surface area contributed by atoms with E-state index >= 15 is 0 Å². The van der Waals surface area contributed by atoms with Gasteiger partial charge < -0.3 is 0 Å². The van der Waals surface area contributed by atoms with Crippen molar-refractivity contribution in [3.63, 3.8) is 0 Å². The van der Waals surface area contributed by atoms with E-state index in [-0.39, 0.29) is 5.88 Å². The summed E-state index contributed by atoms with van der Waals surface area (Å²) in [6.45, 7) is 0. The number of aromatic nitrogens is 2. The maximum Gasteiger partial charge on any atom is 0.129 e.